The molecule has 0 spiro atoms. The number of rotatable bonds is 7. The van der Waals surface area contributed by atoms with Crippen LogP contribution in [0.25, 0.3) is 16.9 Å². The fourth-order valence-corrected chi connectivity index (χ4v) is 3.64. The van der Waals surface area contributed by atoms with Crippen LogP contribution in [-0.2, 0) is 27.8 Å². The zero-order valence-electron chi connectivity index (χ0n) is 19.9. The summed E-state index contributed by atoms with van der Waals surface area (Å²) in [5, 5.41) is 7.54. The minimum absolute atomic E-state index is 0.0284. The highest BCUT2D eigenvalue weighted by Gasteiger charge is 2.16. The highest BCUT2D eigenvalue weighted by Crippen LogP contribution is 2.15. The van der Waals surface area contributed by atoms with Crippen LogP contribution in [0, 0.1) is 20.8 Å². The Bertz CT molecular complexity index is 1470. The first-order valence-electron chi connectivity index (χ1n) is 11.0. The fraction of sp³-hybridized carbons (Fsp3) is 0.292. The second kappa shape index (κ2) is 9.84. The molecular formula is C24H25N7O4. The van der Waals surface area contributed by atoms with Gasteiger partial charge in [0.25, 0.3) is 17.4 Å². The maximum Gasteiger partial charge on any atom is 0.306 e. The summed E-state index contributed by atoms with van der Waals surface area (Å²) in [5.74, 6) is 0.0493. The molecule has 4 aromatic rings. The molecule has 1 aromatic carbocycles. The normalized spacial score (nSPS) is 11.0. The van der Waals surface area contributed by atoms with Crippen molar-refractivity contribution in [2.75, 3.05) is 11.9 Å². The third kappa shape index (κ3) is 5.40. The minimum Gasteiger partial charge on any atom is -0.456 e. The van der Waals surface area contributed by atoms with Gasteiger partial charge in [-0.25, -0.2) is 15.0 Å². The van der Waals surface area contributed by atoms with Crippen LogP contribution in [0.1, 0.15) is 29.3 Å². The number of para-hydroxylation sites is 1. The van der Waals surface area contributed by atoms with Crippen molar-refractivity contribution in [1.29, 1.82) is 0 Å². The number of aromatic nitrogens is 6. The van der Waals surface area contributed by atoms with Crippen LogP contribution in [-0.4, -0.2) is 47.8 Å². The van der Waals surface area contributed by atoms with E-state index >= 15 is 0 Å². The van der Waals surface area contributed by atoms with Crippen LogP contribution >= 0.6 is 0 Å². The van der Waals surface area contributed by atoms with Gasteiger partial charge >= 0.3 is 5.97 Å². The Morgan fingerprint density at radius 1 is 1.00 bits per heavy atom. The number of amides is 1. The summed E-state index contributed by atoms with van der Waals surface area (Å²) in [6, 6.07) is 10.5. The van der Waals surface area contributed by atoms with Crippen molar-refractivity contribution in [3.05, 3.63) is 69.7 Å². The standard InChI is InChI=1S/C24H25N7O4/c1-14-11-15(2)26-24(25-14)31-20(12-16(3)29-31)28-21(32)13-35-22(33)10-9-19-27-18-8-6-5-7-17(18)23(34)30(19)4/h5-8,11-12H,9-10,13H2,1-4H3,(H,28,32). The number of fused-ring (bicyclic) bond motifs is 1. The maximum absolute atomic E-state index is 12.5. The van der Waals surface area contributed by atoms with E-state index in [0.717, 1.165) is 11.4 Å². The number of aryl methyl sites for hydroxylation is 4. The number of carbonyl (C=O) groups excluding carboxylic acids is 2. The van der Waals surface area contributed by atoms with E-state index in [1.807, 2.05) is 19.9 Å². The average molecular weight is 476 g/mol. The lowest BCUT2D eigenvalue weighted by atomic mass is 10.2. The van der Waals surface area contributed by atoms with Crippen LogP contribution < -0.4 is 10.9 Å². The van der Waals surface area contributed by atoms with Gasteiger partial charge < -0.3 is 10.1 Å². The molecule has 0 saturated carbocycles. The molecule has 4 rings (SSSR count). The first kappa shape index (κ1) is 23.7. The second-order valence-electron chi connectivity index (χ2n) is 8.15. The summed E-state index contributed by atoms with van der Waals surface area (Å²) in [6.07, 6.45) is 0.173. The lowest BCUT2D eigenvalue weighted by Gasteiger charge is -2.10. The molecule has 11 heteroatoms. The first-order valence-corrected chi connectivity index (χ1v) is 11.0. The molecule has 0 aliphatic carbocycles. The second-order valence-corrected chi connectivity index (χ2v) is 8.15. The summed E-state index contributed by atoms with van der Waals surface area (Å²) in [7, 11) is 1.61. The molecule has 0 atom stereocenters. The number of nitrogens with one attached hydrogen (secondary N) is 1. The van der Waals surface area contributed by atoms with Gasteiger partial charge in [-0.2, -0.15) is 9.78 Å². The zero-order chi connectivity index (χ0) is 25.1. The van der Waals surface area contributed by atoms with E-state index in [0.29, 0.717) is 34.2 Å². The van der Waals surface area contributed by atoms with E-state index in [1.165, 1.54) is 9.25 Å². The van der Waals surface area contributed by atoms with Crippen LogP contribution in [0.2, 0.25) is 0 Å². The molecule has 0 aliphatic rings. The molecule has 11 nitrogen and oxygen atoms in total. The van der Waals surface area contributed by atoms with Gasteiger partial charge in [-0.3, -0.25) is 19.0 Å². The molecule has 1 amide bonds. The number of ether oxygens (including phenoxy) is 1. The number of hydrogen-bond donors (Lipinski definition) is 1. The number of carbonyl (C=O) groups is 2. The van der Waals surface area contributed by atoms with Crippen molar-refractivity contribution in [2.45, 2.75) is 33.6 Å². The molecule has 180 valence electrons. The highest BCUT2D eigenvalue weighted by atomic mass is 16.5. The number of esters is 1. The Morgan fingerprint density at radius 3 is 2.46 bits per heavy atom. The van der Waals surface area contributed by atoms with Crippen LogP contribution in [0.3, 0.4) is 0 Å². The first-order chi connectivity index (χ1) is 16.7. The summed E-state index contributed by atoms with van der Waals surface area (Å²) in [4.78, 5) is 50.4. The lowest BCUT2D eigenvalue weighted by Crippen LogP contribution is -2.24. The molecule has 3 aromatic heterocycles. The molecular weight excluding hydrogens is 450 g/mol. The fourth-order valence-electron chi connectivity index (χ4n) is 3.64. The minimum atomic E-state index is -0.579. The van der Waals surface area contributed by atoms with Gasteiger partial charge in [-0.1, -0.05) is 12.1 Å². The Hall–Kier alpha value is -4.41. The van der Waals surface area contributed by atoms with Crippen molar-refractivity contribution in [3.8, 4) is 5.95 Å². The molecule has 0 saturated heterocycles. The van der Waals surface area contributed by atoms with Gasteiger partial charge in [-0.15, -0.1) is 0 Å². The van der Waals surface area contributed by atoms with E-state index in [9.17, 15) is 14.4 Å². The smallest absolute Gasteiger partial charge is 0.306 e. The SMILES string of the molecule is Cc1cc(C)nc(-n2nc(C)cc2NC(=O)COC(=O)CCc2nc3ccccc3c(=O)n2C)n1. The van der Waals surface area contributed by atoms with E-state index in [2.05, 4.69) is 25.4 Å². The predicted octanol–water partition coefficient (Wildman–Crippen LogP) is 1.95. The quantitative estimate of drug-likeness (QED) is 0.401. The van der Waals surface area contributed by atoms with Crippen molar-refractivity contribution < 1.29 is 14.3 Å². The molecule has 3 heterocycles. The van der Waals surface area contributed by atoms with E-state index < -0.39 is 18.5 Å². The largest absolute Gasteiger partial charge is 0.456 e. The summed E-state index contributed by atoms with van der Waals surface area (Å²) < 4.78 is 7.97. The molecule has 0 aliphatic heterocycles. The van der Waals surface area contributed by atoms with Crippen LogP contribution in [0.4, 0.5) is 5.82 Å². The van der Waals surface area contributed by atoms with Gasteiger partial charge in [0.15, 0.2) is 6.61 Å². The molecule has 0 unspecified atom stereocenters. The number of nitrogens with zero attached hydrogens (tertiary/aromatic N) is 6. The Kier molecular flexibility index (Phi) is 6.67. The van der Waals surface area contributed by atoms with Crippen molar-refractivity contribution >= 4 is 28.6 Å². The van der Waals surface area contributed by atoms with Gasteiger partial charge in [-0.05, 0) is 39.0 Å². The third-order valence-corrected chi connectivity index (χ3v) is 5.25. The topological polar surface area (TPSA) is 134 Å². The lowest BCUT2D eigenvalue weighted by molar-refractivity contribution is -0.147. The molecule has 35 heavy (non-hydrogen) atoms. The number of benzene rings is 1. The van der Waals surface area contributed by atoms with Gasteiger partial charge in [0.05, 0.1) is 23.0 Å². The Morgan fingerprint density at radius 2 is 1.71 bits per heavy atom. The van der Waals surface area contributed by atoms with E-state index in [1.54, 1.807) is 44.3 Å². The Labute approximate surface area is 200 Å². The maximum atomic E-state index is 12.5. The van der Waals surface area contributed by atoms with Crippen LogP contribution in [0.5, 0.6) is 0 Å². The van der Waals surface area contributed by atoms with Crippen molar-refractivity contribution in [1.82, 2.24) is 29.3 Å². The van der Waals surface area contributed by atoms with Crippen LogP contribution in [0.15, 0.2) is 41.2 Å². The van der Waals surface area contributed by atoms with E-state index in [4.69, 9.17) is 4.74 Å². The number of hydrogen-bond acceptors (Lipinski definition) is 8. The van der Waals surface area contributed by atoms with Crippen molar-refractivity contribution in [3.63, 3.8) is 0 Å². The van der Waals surface area contributed by atoms with Gasteiger partial charge in [0, 0.05) is 30.9 Å². The average Bonchev–Trinajstić information content (AvgIpc) is 3.18. The molecule has 0 fully saturated rings. The molecule has 1 N–H and O–H groups in total. The third-order valence-electron chi connectivity index (χ3n) is 5.25. The highest BCUT2D eigenvalue weighted by molar-refractivity contribution is 5.92. The Balaban J connectivity index is 1.36. The van der Waals surface area contributed by atoms with E-state index in [-0.39, 0.29) is 18.4 Å². The summed E-state index contributed by atoms with van der Waals surface area (Å²) in [5.41, 5.74) is 2.58. The summed E-state index contributed by atoms with van der Waals surface area (Å²) >= 11 is 0. The van der Waals surface area contributed by atoms with Crippen molar-refractivity contribution in [2.24, 2.45) is 7.05 Å². The summed E-state index contributed by atoms with van der Waals surface area (Å²) in [6.45, 7) is 5.00. The van der Waals surface area contributed by atoms with Gasteiger partial charge in [0.1, 0.15) is 11.6 Å². The number of anilines is 1. The predicted molar refractivity (Wildman–Crippen MR) is 128 cm³/mol. The molecule has 0 bridgehead atoms. The zero-order valence-corrected chi connectivity index (χ0v) is 19.9. The molecule has 0 radical (unpaired) electrons. The monoisotopic (exact) mass is 475 g/mol. The van der Waals surface area contributed by atoms with Gasteiger partial charge in [0.2, 0.25) is 0 Å².